The van der Waals surface area contributed by atoms with Crippen LogP contribution in [0.3, 0.4) is 0 Å². The van der Waals surface area contributed by atoms with E-state index in [0.29, 0.717) is 19.1 Å². The summed E-state index contributed by atoms with van der Waals surface area (Å²) < 4.78 is 13.5. The van der Waals surface area contributed by atoms with Crippen LogP contribution in [-0.4, -0.2) is 29.7 Å². The van der Waals surface area contributed by atoms with Crippen LogP contribution in [0.15, 0.2) is 0 Å². The number of rotatable bonds is 1. The SMILES string of the molecule is CCC#CC1(F)CN(C(C)C)C1. The highest BCUT2D eigenvalue weighted by atomic mass is 19.1. The Morgan fingerprint density at radius 3 is 2.50 bits per heavy atom. The van der Waals surface area contributed by atoms with E-state index in [1.54, 1.807) is 0 Å². The molecule has 0 bridgehead atoms. The van der Waals surface area contributed by atoms with E-state index in [9.17, 15) is 4.39 Å². The van der Waals surface area contributed by atoms with Crippen LogP contribution in [-0.2, 0) is 0 Å². The second-order valence-corrected chi connectivity index (χ2v) is 3.62. The molecule has 1 nitrogen and oxygen atoms in total. The molecule has 0 N–H and O–H groups in total. The largest absolute Gasteiger partial charge is 0.292 e. The Labute approximate surface area is 73.9 Å². The highest BCUT2D eigenvalue weighted by Crippen LogP contribution is 2.26. The van der Waals surface area contributed by atoms with Gasteiger partial charge in [-0.05, 0) is 13.8 Å². The summed E-state index contributed by atoms with van der Waals surface area (Å²) in [5.41, 5.74) is -1.21. The monoisotopic (exact) mass is 169 g/mol. The maximum atomic E-state index is 13.5. The first-order valence-electron chi connectivity index (χ1n) is 4.50. The van der Waals surface area contributed by atoms with Crippen LogP contribution >= 0.6 is 0 Å². The molecule has 12 heavy (non-hydrogen) atoms. The Balaban J connectivity index is 2.40. The van der Waals surface area contributed by atoms with Gasteiger partial charge in [-0.15, -0.1) is 5.92 Å². The second-order valence-electron chi connectivity index (χ2n) is 3.62. The van der Waals surface area contributed by atoms with Crippen molar-refractivity contribution < 1.29 is 4.39 Å². The van der Waals surface area contributed by atoms with E-state index in [0.717, 1.165) is 6.42 Å². The van der Waals surface area contributed by atoms with E-state index in [-0.39, 0.29) is 0 Å². The van der Waals surface area contributed by atoms with Crippen molar-refractivity contribution in [1.82, 2.24) is 4.90 Å². The van der Waals surface area contributed by atoms with Crippen molar-refractivity contribution in [2.45, 2.75) is 38.9 Å². The number of alkyl halides is 1. The molecule has 1 fully saturated rings. The Morgan fingerprint density at radius 2 is 2.08 bits per heavy atom. The molecular weight excluding hydrogens is 153 g/mol. The van der Waals surface area contributed by atoms with Gasteiger partial charge in [0.15, 0.2) is 5.67 Å². The molecule has 0 spiro atoms. The topological polar surface area (TPSA) is 3.24 Å². The molecule has 1 aliphatic rings. The lowest BCUT2D eigenvalue weighted by Crippen LogP contribution is -2.60. The van der Waals surface area contributed by atoms with E-state index in [1.165, 1.54) is 0 Å². The quantitative estimate of drug-likeness (QED) is 0.541. The summed E-state index contributed by atoms with van der Waals surface area (Å²) in [6.07, 6.45) is 0.743. The van der Waals surface area contributed by atoms with E-state index in [4.69, 9.17) is 0 Å². The van der Waals surface area contributed by atoms with Gasteiger partial charge in [-0.1, -0.05) is 12.8 Å². The van der Waals surface area contributed by atoms with E-state index in [2.05, 4.69) is 30.6 Å². The van der Waals surface area contributed by atoms with Crippen LogP contribution in [0.5, 0.6) is 0 Å². The lowest BCUT2D eigenvalue weighted by Gasteiger charge is -2.43. The molecule has 0 unspecified atom stereocenters. The lowest BCUT2D eigenvalue weighted by molar-refractivity contribution is -0.00825. The average molecular weight is 169 g/mol. The summed E-state index contributed by atoms with van der Waals surface area (Å²) in [6.45, 7) is 7.06. The first-order chi connectivity index (χ1) is 5.57. The van der Waals surface area contributed by atoms with E-state index >= 15 is 0 Å². The lowest BCUT2D eigenvalue weighted by atomic mass is 9.95. The Hall–Kier alpha value is -0.550. The molecule has 2 heteroatoms. The first-order valence-corrected chi connectivity index (χ1v) is 4.50. The Bertz CT molecular complexity index is 206. The molecule has 0 saturated carbocycles. The molecule has 0 atom stereocenters. The first kappa shape index (κ1) is 9.54. The molecule has 1 aliphatic heterocycles. The van der Waals surface area contributed by atoms with Crippen molar-refractivity contribution in [3.63, 3.8) is 0 Å². The van der Waals surface area contributed by atoms with Gasteiger partial charge in [0.05, 0.1) is 0 Å². The van der Waals surface area contributed by atoms with Gasteiger partial charge < -0.3 is 0 Å². The highest BCUT2D eigenvalue weighted by Gasteiger charge is 2.42. The zero-order valence-corrected chi connectivity index (χ0v) is 8.02. The minimum absolute atomic E-state index is 0.442. The summed E-state index contributed by atoms with van der Waals surface area (Å²) in [5, 5.41) is 0. The van der Waals surface area contributed by atoms with Crippen molar-refractivity contribution in [2.24, 2.45) is 0 Å². The van der Waals surface area contributed by atoms with Gasteiger partial charge in [0.25, 0.3) is 0 Å². The zero-order chi connectivity index (χ0) is 9.19. The van der Waals surface area contributed by atoms with Gasteiger partial charge in [-0.2, -0.15) is 0 Å². The molecule has 68 valence electrons. The second kappa shape index (κ2) is 3.45. The molecule has 0 amide bonds. The number of likely N-dealkylation sites (tertiary alicyclic amines) is 1. The van der Waals surface area contributed by atoms with Crippen LogP contribution < -0.4 is 0 Å². The van der Waals surface area contributed by atoms with Gasteiger partial charge in [0, 0.05) is 25.6 Å². The van der Waals surface area contributed by atoms with Crippen molar-refractivity contribution in [1.29, 1.82) is 0 Å². The van der Waals surface area contributed by atoms with Crippen LogP contribution in [0.2, 0.25) is 0 Å². The van der Waals surface area contributed by atoms with Crippen molar-refractivity contribution in [3.8, 4) is 11.8 Å². The summed E-state index contributed by atoms with van der Waals surface area (Å²) in [6, 6.07) is 0.442. The summed E-state index contributed by atoms with van der Waals surface area (Å²) in [7, 11) is 0. The maximum absolute atomic E-state index is 13.5. The maximum Gasteiger partial charge on any atom is 0.195 e. The fraction of sp³-hybridized carbons (Fsp3) is 0.800. The molecule has 1 rings (SSSR count). The normalized spacial score (nSPS) is 21.4. The third-order valence-electron chi connectivity index (χ3n) is 2.13. The van der Waals surface area contributed by atoms with Crippen LogP contribution in [0.1, 0.15) is 27.2 Å². The molecule has 0 radical (unpaired) electrons. The molecule has 1 saturated heterocycles. The van der Waals surface area contributed by atoms with Crippen LogP contribution in [0, 0.1) is 11.8 Å². The zero-order valence-electron chi connectivity index (χ0n) is 8.02. The van der Waals surface area contributed by atoms with Crippen molar-refractivity contribution in [3.05, 3.63) is 0 Å². The predicted molar refractivity (Wildman–Crippen MR) is 48.6 cm³/mol. The number of hydrogen-bond acceptors (Lipinski definition) is 1. The molecule has 0 aromatic carbocycles. The Morgan fingerprint density at radius 1 is 1.50 bits per heavy atom. The Kier molecular flexibility index (Phi) is 2.74. The number of halogens is 1. The van der Waals surface area contributed by atoms with Crippen LogP contribution in [0.25, 0.3) is 0 Å². The third kappa shape index (κ3) is 1.98. The predicted octanol–water partition coefficient (Wildman–Crippen LogP) is 1.83. The van der Waals surface area contributed by atoms with Gasteiger partial charge in [0.2, 0.25) is 0 Å². The van der Waals surface area contributed by atoms with Gasteiger partial charge in [0.1, 0.15) is 0 Å². The molecular formula is C10H16FN. The van der Waals surface area contributed by atoms with Gasteiger partial charge in [-0.25, -0.2) is 4.39 Å². The molecule has 1 heterocycles. The van der Waals surface area contributed by atoms with E-state index in [1.807, 2.05) is 6.92 Å². The van der Waals surface area contributed by atoms with E-state index < -0.39 is 5.67 Å². The minimum atomic E-state index is -1.21. The third-order valence-corrected chi connectivity index (χ3v) is 2.13. The smallest absolute Gasteiger partial charge is 0.195 e. The summed E-state index contributed by atoms with van der Waals surface area (Å²) >= 11 is 0. The molecule has 0 aliphatic carbocycles. The number of hydrogen-bond donors (Lipinski definition) is 0. The minimum Gasteiger partial charge on any atom is -0.292 e. The summed E-state index contributed by atoms with van der Waals surface area (Å²) in [5.74, 6) is 5.47. The number of nitrogens with zero attached hydrogens (tertiary/aromatic N) is 1. The van der Waals surface area contributed by atoms with Gasteiger partial charge >= 0.3 is 0 Å². The van der Waals surface area contributed by atoms with Crippen LogP contribution in [0.4, 0.5) is 4.39 Å². The highest BCUT2D eigenvalue weighted by molar-refractivity contribution is 5.21. The standard InChI is InChI=1S/C10H16FN/c1-4-5-6-10(11)7-12(8-10)9(2)3/h9H,4,7-8H2,1-3H3. The summed E-state index contributed by atoms with van der Waals surface area (Å²) in [4.78, 5) is 2.09. The average Bonchev–Trinajstić information content (AvgIpc) is 1.95. The molecule has 0 aromatic heterocycles. The molecule has 0 aromatic rings. The van der Waals surface area contributed by atoms with Crippen molar-refractivity contribution in [2.75, 3.05) is 13.1 Å². The fourth-order valence-electron chi connectivity index (χ4n) is 1.29. The van der Waals surface area contributed by atoms with Gasteiger partial charge in [-0.3, -0.25) is 4.90 Å². The fourth-order valence-corrected chi connectivity index (χ4v) is 1.29. The van der Waals surface area contributed by atoms with Crippen molar-refractivity contribution >= 4 is 0 Å².